The molecule has 3 aromatic carbocycles. The van der Waals surface area contributed by atoms with E-state index < -0.39 is 0 Å². The largest absolute Gasteiger partial charge is 0.444 e. The van der Waals surface area contributed by atoms with E-state index in [0.717, 1.165) is 33.6 Å². The van der Waals surface area contributed by atoms with Gasteiger partial charge in [0.05, 0.1) is 0 Å². The third-order valence-electron chi connectivity index (χ3n) is 5.23. The molecule has 0 radical (unpaired) electrons. The molecule has 0 saturated carbocycles. The molecule has 0 bridgehead atoms. The van der Waals surface area contributed by atoms with Gasteiger partial charge in [-0.3, -0.25) is 0 Å². The zero-order valence-corrected chi connectivity index (χ0v) is 16.8. The molecule has 0 spiro atoms. The first kappa shape index (κ1) is 18.1. The number of benzene rings is 3. The van der Waals surface area contributed by atoms with Crippen LogP contribution in [0.1, 0.15) is 11.1 Å². The van der Waals surface area contributed by atoms with Gasteiger partial charge in [0.15, 0.2) is 0 Å². The van der Waals surface area contributed by atoms with Gasteiger partial charge in [-0.05, 0) is 49.2 Å². The van der Waals surface area contributed by atoms with Gasteiger partial charge in [-0.2, -0.15) is 0 Å². The van der Waals surface area contributed by atoms with Crippen molar-refractivity contribution >= 4 is 0 Å². The molecule has 5 rings (SSSR count). The molecule has 0 unspecified atom stereocenters. The van der Waals surface area contributed by atoms with Crippen LogP contribution in [0, 0.1) is 13.8 Å². The van der Waals surface area contributed by atoms with E-state index in [1.807, 2.05) is 48.5 Å². The van der Waals surface area contributed by atoms with Crippen LogP contribution in [0.5, 0.6) is 0 Å². The Hall–Kier alpha value is -3.92. The van der Waals surface area contributed by atoms with Gasteiger partial charge in [0.2, 0.25) is 11.8 Å². The molecule has 146 valence electrons. The summed E-state index contributed by atoms with van der Waals surface area (Å²) in [5.74, 6) is 1.18. The number of hydrogen-bond acceptors (Lipinski definition) is 4. The van der Waals surface area contributed by atoms with Gasteiger partial charge >= 0.3 is 0 Å². The summed E-state index contributed by atoms with van der Waals surface area (Å²) in [6.07, 6.45) is 3.41. The zero-order valence-electron chi connectivity index (χ0n) is 16.8. The van der Waals surface area contributed by atoms with Gasteiger partial charge in [-0.1, -0.05) is 48.5 Å². The molecular weight excluding hydrogens is 372 g/mol. The molecule has 30 heavy (non-hydrogen) atoms. The summed E-state index contributed by atoms with van der Waals surface area (Å²) < 4.78 is 11.5. The molecule has 0 saturated heterocycles. The fourth-order valence-corrected chi connectivity index (χ4v) is 3.54. The number of aryl methyl sites for hydroxylation is 2. The summed E-state index contributed by atoms with van der Waals surface area (Å²) in [5.41, 5.74) is 7.97. The minimum absolute atomic E-state index is 0.591. The van der Waals surface area contributed by atoms with Crippen molar-refractivity contribution in [2.45, 2.75) is 13.8 Å². The highest BCUT2D eigenvalue weighted by Crippen LogP contribution is 2.30. The lowest BCUT2D eigenvalue weighted by Gasteiger charge is -2.00. The lowest BCUT2D eigenvalue weighted by molar-refractivity contribution is 0.573. The smallest absolute Gasteiger partial charge is 0.226 e. The van der Waals surface area contributed by atoms with Crippen molar-refractivity contribution in [3.05, 3.63) is 96.4 Å². The molecule has 0 amide bonds. The van der Waals surface area contributed by atoms with E-state index in [9.17, 15) is 0 Å². The molecule has 0 N–H and O–H groups in total. The van der Waals surface area contributed by atoms with Crippen molar-refractivity contribution < 1.29 is 8.83 Å². The third kappa shape index (κ3) is 3.33. The number of aromatic nitrogens is 2. The Morgan fingerprint density at radius 1 is 0.533 bits per heavy atom. The first-order chi connectivity index (χ1) is 14.7. The van der Waals surface area contributed by atoms with E-state index in [2.05, 4.69) is 48.1 Å². The molecule has 0 atom stereocenters. The Morgan fingerprint density at radius 2 is 0.933 bits per heavy atom. The average molecular weight is 392 g/mol. The van der Waals surface area contributed by atoms with Gasteiger partial charge in [0.25, 0.3) is 0 Å². The summed E-state index contributed by atoms with van der Waals surface area (Å²) >= 11 is 0. The predicted octanol–water partition coefficient (Wildman–Crippen LogP) is 6.95. The van der Waals surface area contributed by atoms with E-state index in [4.69, 9.17) is 8.83 Å². The number of oxazole rings is 2. The highest BCUT2D eigenvalue weighted by molar-refractivity contribution is 5.69. The van der Waals surface area contributed by atoms with Crippen LogP contribution in [0.25, 0.3) is 45.4 Å². The number of nitrogens with zero attached hydrogens (tertiary/aromatic N) is 2. The van der Waals surface area contributed by atoms with Crippen molar-refractivity contribution in [2.75, 3.05) is 0 Å². The molecule has 0 aliphatic rings. The van der Waals surface area contributed by atoms with Gasteiger partial charge in [0, 0.05) is 22.3 Å². The quantitative estimate of drug-likeness (QED) is 0.332. The van der Waals surface area contributed by atoms with Crippen LogP contribution in [0.2, 0.25) is 0 Å². The van der Waals surface area contributed by atoms with Crippen molar-refractivity contribution in [1.82, 2.24) is 9.97 Å². The second kappa shape index (κ2) is 7.48. The summed E-state index contributed by atoms with van der Waals surface area (Å²) in [7, 11) is 0. The lowest BCUT2D eigenvalue weighted by atomic mass is 10.1. The fourth-order valence-electron chi connectivity index (χ4n) is 3.54. The molecule has 0 aliphatic carbocycles. The van der Waals surface area contributed by atoms with Crippen LogP contribution < -0.4 is 0 Å². The van der Waals surface area contributed by atoms with Crippen molar-refractivity contribution in [3.63, 3.8) is 0 Å². The Bertz CT molecular complexity index is 1210. The Labute approximate surface area is 174 Å². The standard InChI is InChI=1S/C26H20N2O2/c1-17-7-3-5-9-21(17)23-15-29-25(27-23)19-11-13-20(14-12-19)26-28-24(16-30-26)22-10-6-4-8-18(22)2/h3-16H,1-2H3. The molecule has 2 aromatic heterocycles. The van der Waals surface area contributed by atoms with Crippen LogP contribution in [0.4, 0.5) is 0 Å². The number of rotatable bonds is 4. The van der Waals surface area contributed by atoms with E-state index in [0.29, 0.717) is 11.8 Å². The summed E-state index contributed by atoms with van der Waals surface area (Å²) in [4.78, 5) is 9.32. The molecular formula is C26H20N2O2. The monoisotopic (exact) mass is 392 g/mol. The highest BCUT2D eigenvalue weighted by atomic mass is 16.3. The van der Waals surface area contributed by atoms with Crippen LogP contribution in [0.3, 0.4) is 0 Å². The highest BCUT2D eigenvalue weighted by Gasteiger charge is 2.13. The summed E-state index contributed by atoms with van der Waals surface area (Å²) in [6, 6.07) is 24.2. The maximum Gasteiger partial charge on any atom is 0.226 e. The van der Waals surface area contributed by atoms with Gasteiger partial charge in [-0.25, -0.2) is 9.97 Å². The van der Waals surface area contributed by atoms with Crippen molar-refractivity contribution in [1.29, 1.82) is 0 Å². The second-order valence-corrected chi connectivity index (χ2v) is 7.28. The predicted molar refractivity (Wildman–Crippen MR) is 118 cm³/mol. The van der Waals surface area contributed by atoms with Gasteiger partial charge < -0.3 is 8.83 Å². The Kier molecular flexibility index (Phi) is 4.52. The van der Waals surface area contributed by atoms with Crippen molar-refractivity contribution in [2.24, 2.45) is 0 Å². The minimum Gasteiger partial charge on any atom is -0.444 e. The summed E-state index contributed by atoms with van der Waals surface area (Å²) in [5, 5.41) is 0. The maximum atomic E-state index is 5.73. The van der Waals surface area contributed by atoms with E-state index in [1.54, 1.807) is 12.5 Å². The first-order valence-electron chi connectivity index (χ1n) is 9.83. The lowest BCUT2D eigenvalue weighted by Crippen LogP contribution is -1.85. The third-order valence-corrected chi connectivity index (χ3v) is 5.23. The van der Waals surface area contributed by atoms with Crippen molar-refractivity contribution in [3.8, 4) is 45.4 Å². The molecule has 0 aliphatic heterocycles. The number of hydrogen-bond donors (Lipinski definition) is 0. The van der Waals surface area contributed by atoms with E-state index >= 15 is 0 Å². The second-order valence-electron chi connectivity index (χ2n) is 7.28. The topological polar surface area (TPSA) is 52.1 Å². The summed E-state index contributed by atoms with van der Waals surface area (Å²) in [6.45, 7) is 4.14. The fraction of sp³-hybridized carbons (Fsp3) is 0.0769. The van der Waals surface area contributed by atoms with E-state index in [1.165, 1.54) is 11.1 Å². The molecule has 4 nitrogen and oxygen atoms in total. The zero-order chi connectivity index (χ0) is 20.5. The minimum atomic E-state index is 0.591. The Balaban J connectivity index is 1.41. The van der Waals surface area contributed by atoms with Crippen LogP contribution in [0.15, 0.2) is 94.2 Å². The van der Waals surface area contributed by atoms with Gasteiger partial charge in [-0.15, -0.1) is 0 Å². The average Bonchev–Trinajstić information content (AvgIpc) is 3.45. The molecule has 0 fully saturated rings. The molecule has 4 heteroatoms. The van der Waals surface area contributed by atoms with Gasteiger partial charge in [0.1, 0.15) is 23.9 Å². The first-order valence-corrected chi connectivity index (χ1v) is 9.83. The SMILES string of the molecule is Cc1ccccc1-c1coc(-c2ccc(-c3nc(-c4ccccc4C)co3)cc2)n1. The molecule has 5 aromatic rings. The van der Waals surface area contributed by atoms with E-state index in [-0.39, 0.29) is 0 Å². The van der Waals surface area contributed by atoms with Crippen LogP contribution in [-0.2, 0) is 0 Å². The molecule has 2 heterocycles. The normalized spacial score (nSPS) is 11.0. The maximum absolute atomic E-state index is 5.73. The van der Waals surface area contributed by atoms with Crippen LogP contribution in [-0.4, -0.2) is 9.97 Å². The van der Waals surface area contributed by atoms with Crippen LogP contribution >= 0.6 is 0 Å². The Morgan fingerprint density at radius 3 is 1.33 bits per heavy atom.